The lowest BCUT2D eigenvalue weighted by Crippen LogP contribution is -2.13. The van der Waals surface area contributed by atoms with Crippen molar-refractivity contribution in [1.29, 1.82) is 0 Å². The van der Waals surface area contributed by atoms with E-state index in [0.717, 1.165) is 17.2 Å². The fraction of sp³-hybridized carbons (Fsp3) is 0.0800. The van der Waals surface area contributed by atoms with Gasteiger partial charge in [-0.1, -0.05) is 48.0 Å². The van der Waals surface area contributed by atoms with Gasteiger partial charge in [-0.25, -0.2) is 8.78 Å². The van der Waals surface area contributed by atoms with Crippen molar-refractivity contribution in [1.82, 2.24) is 4.57 Å². The van der Waals surface area contributed by atoms with Gasteiger partial charge < -0.3 is 9.88 Å². The van der Waals surface area contributed by atoms with Gasteiger partial charge in [0.2, 0.25) is 0 Å². The third-order valence-corrected chi connectivity index (χ3v) is 5.02. The molecule has 0 radical (unpaired) electrons. The van der Waals surface area contributed by atoms with E-state index < -0.39 is 11.6 Å². The number of rotatable bonds is 4. The zero-order valence-electron chi connectivity index (χ0n) is 16.6. The Balaban J connectivity index is 1.83. The standard InChI is InChI=1S/C25H20F2N2O/c1-16-8-11-20(12-9-16)28-25(30)21-15-24(18-6-4-3-5-7-18)29(17(21)2)23-13-10-19(26)14-22(23)27/h3-15H,1-2H3,(H,28,30). The third-order valence-electron chi connectivity index (χ3n) is 5.02. The van der Waals surface area contributed by atoms with Gasteiger partial charge in [0, 0.05) is 17.4 Å². The highest BCUT2D eigenvalue weighted by Gasteiger charge is 2.21. The molecule has 0 saturated heterocycles. The molecule has 5 heteroatoms. The summed E-state index contributed by atoms with van der Waals surface area (Å²) in [7, 11) is 0. The summed E-state index contributed by atoms with van der Waals surface area (Å²) in [6.07, 6.45) is 0. The van der Waals surface area contributed by atoms with Crippen LogP contribution in [0, 0.1) is 25.5 Å². The monoisotopic (exact) mass is 402 g/mol. The zero-order chi connectivity index (χ0) is 21.3. The second-order valence-electron chi connectivity index (χ2n) is 7.15. The normalized spacial score (nSPS) is 10.8. The van der Waals surface area contributed by atoms with Crippen LogP contribution in [0.4, 0.5) is 14.5 Å². The maximum absolute atomic E-state index is 14.6. The molecule has 0 saturated carbocycles. The topological polar surface area (TPSA) is 34.0 Å². The predicted molar refractivity (Wildman–Crippen MR) is 115 cm³/mol. The summed E-state index contributed by atoms with van der Waals surface area (Å²) >= 11 is 0. The maximum Gasteiger partial charge on any atom is 0.257 e. The van der Waals surface area contributed by atoms with E-state index in [2.05, 4.69) is 5.32 Å². The first-order valence-corrected chi connectivity index (χ1v) is 9.55. The fourth-order valence-electron chi connectivity index (χ4n) is 3.47. The van der Waals surface area contributed by atoms with Crippen molar-refractivity contribution in [2.24, 2.45) is 0 Å². The summed E-state index contributed by atoms with van der Waals surface area (Å²) in [5.74, 6) is -1.65. The van der Waals surface area contributed by atoms with E-state index in [1.165, 1.54) is 12.1 Å². The van der Waals surface area contributed by atoms with E-state index in [-0.39, 0.29) is 11.6 Å². The molecule has 0 bridgehead atoms. The molecule has 30 heavy (non-hydrogen) atoms. The van der Waals surface area contributed by atoms with Gasteiger partial charge in [-0.3, -0.25) is 4.79 Å². The minimum Gasteiger partial charge on any atom is -0.322 e. The van der Waals surface area contributed by atoms with Gasteiger partial charge in [-0.2, -0.15) is 0 Å². The van der Waals surface area contributed by atoms with Gasteiger partial charge in [0.25, 0.3) is 5.91 Å². The second-order valence-corrected chi connectivity index (χ2v) is 7.15. The average molecular weight is 402 g/mol. The van der Waals surface area contributed by atoms with Crippen LogP contribution in [0.15, 0.2) is 78.9 Å². The Morgan fingerprint density at radius 2 is 1.57 bits per heavy atom. The lowest BCUT2D eigenvalue weighted by molar-refractivity contribution is 0.102. The zero-order valence-corrected chi connectivity index (χ0v) is 16.6. The number of benzene rings is 3. The lowest BCUT2D eigenvalue weighted by Gasteiger charge is -2.13. The molecule has 3 nitrogen and oxygen atoms in total. The van der Waals surface area contributed by atoms with E-state index in [1.54, 1.807) is 17.6 Å². The molecule has 0 fully saturated rings. The Bertz CT molecular complexity index is 1210. The smallest absolute Gasteiger partial charge is 0.257 e. The van der Waals surface area contributed by atoms with Crippen LogP contribution in [0.2, 0.25) is 0 Å². The quantitative estimate of drug-likeness (QED) is 0.428. The molecule has 4 rings (SSSR count). The first-order valence-electron chi connectivity index (χ1n) is 9.55. The third kappa shape index (κ3) is 3.74. The predicted octanol–water partition coefficient (Wildman–Crippen LogP) is 6.29. The molecule has 0 aliphatic heterocycles. The van der Waals surface area contributed by atoms with Crippen LogP contribution in [-0.4, -0.2) is 10.5 Å². The number of aryl methyl sites for hydroxylation is 1. The molecule has 1 heterocycles. The van der Waals surface area contributed by atoms with Crippen molar-refractivity contribution in [3.05, 3.63) is 107 Å². The Labute approximate surface area is 173 Å². The minimum absolute atomic E-state index is 0.183. The summed E-state index contributed by atoms with van der Waals surface area (Å²) in [5.41, 5.74) is 4.39. The van der Waals surface area contributed by atoms with Crippen LogP contribution < -0.4 is 5.32 Å². The van der Waals surface area contributed by atoms with E-state index in [0.29, 0.717) is 22.6 Å². The average Bonchev–Trinajstić information content (AvgIpc) is 3.07. The van der Waals surface area contributed by atoms with Crippen molar-refractivity contribution in [3.8, 4) is 16.9 Å². The van der Waals surface area contributed by atoms with E-state index in [1.807, 2.05) is 61.5 Å². The van der Waals surface area contributed by atoms with Crippen molar-refractivity contribution in [2.45, 2.75) is 13.8 Å². The molecule has 4 aromatic rings. The molecule has 3 aromatic carbocycles. The number of halogens is 2. The molecular formula is C25H20F2N2O. The Hall–Kier alpha value is -3.73. The number of aromatic nitrogens is 1. The fourth-order valence-corrected chi connectivity index (χ4v) is 3.47. The summed E-state index contributed by atoms with van der Waals surface area (Å²) in [4.78, 5) is 13.0. The highest BCUT2D eigenvalue weighted by molar-refractivity contribution is 6.06. The molecule has 0 aliphatic carbocycles. The van der Waals surface area contributed by atoms with Crippen molar-refractivity contribution < 1.29 is 13.6 Å². The van der Waals surface area contributed by atoms with E-state index >= 15 is 0 Å². The van der Waals surface area contributed by atoms with Crippen molar-refractivity contribution in [3.63, 3.8) is 0 Å². The number of hydrogen-bond donors (Lipinski definition) is 1. The first-order chi connectivity index (χ1) is 14.4. The molecule has 0 atom stereocenters. The molecule has 150 valence electrons. The summed E-state index contributed by atoms with van der Waals surface area (Å²) in [6.45, 7) is 3.72. The number of carbonyl (C=O) groups is 1. The molecule has 1 amide bonds. The van der Waals surface area contributed by atoms with E-state index in [9.17, 15) is 13.6 Å². The number of amides is 1. The molecule has 0 spiro atoms. The van der Waals surface area contributed by atoms with Crippen LogP contribution in [-0.2, 0) is 0 Å². The first kappa shape index (κ1) is 19.6. The van der Waals surface area contributed by atoms with Gasteiger partial charge in [-0.15, -0.1) is 0 Å². The highest BCUT2D eigenvalue weighted by atomic mass is 19.1. The van der Waals surface area contributed by atoms with Crippen LogP contribution in [0.1, 0.15) is 21.6 Å². The maximum atomic E-state index is 14.6. The number of anilines is 1. The number of nitrogens with zero attached hydrogens (tertiary/aromatic N) is 1. The van der Waals surface area contributed by atoms with Gasteiger partial charge in [0.05, 0.1) is 16.9 Å². The Kier molecular flexibility index (Phi) is 5.19. The largest absolute Gasteiger partial charge is 0.322 e. The SMILES string of the molecule is Cc1ccc(NC(=O)c2cc(-c3ccccc3)n(-c3ccc(F)cc3F)c2C)cc1. The van der Waals surface area contributed by atoms with Crippen LogP contribution in [0.25, 0.3) is 16.9 Å². The number of carbonyl (C=O) groups excluding carboxylic acids is 1. The van der Waals surface area contributed by atoms with Gasteiger partial charge in [0.1, 0.15) is 11.6 Å². The van der Waals surface area contributed by atoms with Crippen LogP contribution >= 0.6 is 0 Å². The van der Waals surface area contributed by atoms with Crippen LogP contribution in [0.5, 0.6) is 0 Å². The summed E-state index contributed by atoms with van der Waals surface area (Å²) in [6, 6.07) is 22.0. The molecule has 1 aromatic heterocycles. The summed E-state index contributed by atoms with van der Waals surface area (Å²) in [5, 5.41) is 2.89. The van der Waals surface area contributed by atoms with Gasteiger partial charge >= 0.3 is 0 Å². The molecule has 0 aliphatic rings. The summed E-state index contributed by atoms with van der Waals surface area (Å²) < 4.78 is 29.8. The van der Waals surface area contributed by atoms with Crippen molar-refractivity contribution >= 4 is 11.6 Å². The van der Waals surface area contributed by atoms with Crippen LogP contribution in [0.3, 0.4) is 0 Å². The lowest BCUT2D eigenvalue weighted by atomic mass is 10.1. The Morgan fingerprint density at radius 3 is 2.23 bits per heavy atom. The molecule has 1 N–H and O–H groups in total. The number of hydrogen-bond acceptors (Lipinski definition) is 1. The van der Waals surface area contributed by atoms with Gasteiger partial charge in [0.15, 0.2) is 0 Å². The molecule has 0 unspecified atom stereocenters. The van der Waals surface area contributed by atoms with E-state index in [4.69, 9.17) is 0 Å². The van der Waals surface area contributed by atoms with Gasteiger partial charge in [-0.05, 0) is 49.7 Å². The Morgan fingerprint density at radius 1 is 0.867 bits per heavy atom. The second kappa shape index (κ2) is 7.95. The number of nitrogens with one attached hydrogen (secondary N) is 1. The van der Waals surface area contributed by atoms with Crippen molar-refractivity contribution in [2.75, 3.05) is 5.32 Å². The molecular weight excluding hydrogens is 382 g/mol. The minimum atomic E-state index is -0.698. The highest BCUT2D eigenvalue weighted by Crippen LogP contribution is 2.31.